The maximum Gasteiger partial charge on any atom is 0.0900 e. The second kappa shape index (κ2) is 5.93. The van der Waals surface area contributed by atoms with E-state index in [1.807, 2.05) is 0 Å². The van der Waals surface area contributed by atoms with Crippen LogP contribution in [0.2, 0.25) is 0 Å². The van der Waals surface area contributed by atoms with Gasteiger partial charge in [0.15, 0.2) is 0 Å². The van der Waals surface area contributed by atoms with Crippen molar-refractivity contribution in [3.8, 4) is 0 Å². The molecule has 1 aromatic rings. The maximum atomic E-state index is 5.94. The summed E-state index contributed by atoms with van der Waals surface area (Å²) < 4.78 is 5.94. The molecule has 0 aliphatic carbocycles. The highest BCUT2D eigenvalue weighted by molar-refractivity contribution is 5.55. The molecule has 3 rings (SSSR count). The van der Waals surface area contributed by atoms with Crippen LogP contribution in [-0.2, 0) is 11.2 Å². The van der Waals surface area contributed by atoms with E-state index < -0.39 is 0 Å². The smallest absolute Gasteiger partial charge is 0.0900 e. The Balaban J connectivity index is 1.82. The van der Waals surface area contributed by atoms with Gasteiger partial charge in [-0.1, -0.05) is 18.2 Å². The molecule has 2 unspecified atom stereocenters. The molecule has 3 heteroatoms. The quantitative estimate of drug-likeness (QED) is 0.882. The fourth-order valence-electron chi connectivity index (χ4n) is 3.24. The Bertz CT molecular complexity index is 415. The minimum Gasteiger partial charge on any atom is -0.373 e. The van der Waals surface area contributed by atoms with Gasteiger partial charge in [-0.15, -0.1) is 0 Å². The van der Waals surface area contributed by atoms with Gasteiger partial charge in [0.05, 0.1) is 18.8 Å². The summed E-state index contributed by atoms with van der Waals surface area (Å²) >= 11 is 0. The molecular formula is C16H24N2O. The van der Waals surface area contributed by atoms with Gasteiger partial charge >= 0.3 is 0 Å². The van der Waals surface area contributed by atoms with Crippen LogP contribution in [0.25, 0.3) is 0 Å². The highest BCUT2D eigenvalue weighted by Crippen LogP contribution is 2.29. The lowest BCUT2D eigenvalue weighted by molar-refractivity contribution is 0.0144. The van der Waals surface area contributed by atoms with E-state index in [-0.39, 0.29) is 0 Å². The number of anilines is 1. The minimum absolute atomic E-state index is 0.305. The van der Waals surface area contributed by atoms with Crippen LogP contribution >= 0.6 is 0 Å². The normalized spacial score (nSPS) is 25.5. The molecule has 1 N–H and O–H groups in total. The molecule has 2 aliphatic rings. The monoisotopic (exact) mass is 260 g/mol. The number of benzene rings is 1. The van der Waals surface area contributed by atoms with Gasteiger partial charge in [0.2, 0.25) is 0 Å². The zero-order chi connectivity index (χ0) is 13.1. The van der Waals surface area contributed by atoms with Crippen molar-refractivity contribution in [1.29, 1.82) is 0 Å². The molecule has 2 heterocycles. The molecule has 0 amide bonds. The van der Waals surface area contributed by atoms with E-state index in [1.165, 1.54) is 30.5 Å². The lowest BCUT2D eigenvalue weighted by Gasteiger charge is -2.38. The first kappa shape index (κ1) is 12.9. The molecule has 104 valence electrons. The van der Waals surface area contributed by atoms with Gasteiger partial charge < -0.3 is 15.0 Å². The van der Waals surface area contributed by atoms with Crippen molar-refractivity contribution in [3.63, 3.8) is 0 Å². The van der Waals surface area contributed by atoms with Crippen molar-refractivity contribution in [2.24, 2.45) is 0 Å². The molecule has 2 aliphatic heterocycles. The van der Waals surface area contributed by atoms with E-state index >= 15 is 0 Å². The summed E-state index contributed by atoms with van der Waals surface area (Å²) in [5, 5.41) is 3.44. The van der Waals surface area contributed by atoms with Crippen LogP contribution in [0.1, 0.15) is 25.3 Å². The molecule has 1 fully saturated rings. The van der Waals surface area contributed by atoms with Gasteiger partial charge in [0.25, 0.3) is 0 Å². The predicted molar refractivity (Wildman–Crippen MR) is 78.8 cm³/mol. The molecule has 0 aromatic heterocycles. The summed E-state index contributed by atoms with van der Waals surface area (Å²) in [5.41, 5.74) is 2.91. The Kier molecular flexibility index (Phi) is 4.04. The summed E-state index contributed by atoms with van der Waals surface area (Å²) in [5.74, 6) is 0. The van der Waals surface area contributed by atoms with Crippen molar-refractivity contribution < 1.29 is 4.74 Å². The highest BCUT2D eigenvalue weighted by Gasteiger charge is 2.28. The molecule has 2 atom stereocenters. The molecule has 0 saturated carbocycles. The fourth-order valence-corrected chi connectivity index (χ4v) is 3.24. The fraction of sp³-hybridized carbons (Fsp3) is 0.625. The van der Waals surface area contributed by atoms with Crippen LogP contribution in [0.5, 0.6) is 0 Å². The van der Waals surface area contributed by atoms with Crippen LogP contribution in [-0.4, -0.2) is 38.4 Å². The molecule has 1 saturated heterocycles. The van der Waals surface area contributed by atoms with E-state index in [1.54, 1.807) is 0 Å². The number of hydrogen-bond acceptors (Lipinski definition) is 3. The zero-order valence-electron chi connectivity index (χ0n) is 11.8. The number of nitrogens with zero attached hydrogens (tertiary/aromatic N) is 1. The molecule has 3 nitrogen and oxygen atoms in total. The van der Waals surface area contributed by atoms with Crippen molar-refractivity contribution in [1.82, 2.24) is 5.32 Å². The van der Waals surface area contributed by atoms with Crippen LogP contribution in [0.3, 0.4) is 0 Å². The number of morpholine rings is 1. The maximum absolute atomic E-state index is 5.94. The molecule has 19 heavy (non-hydrogen) atoms. The topological polar surface area (TPSA) is 24.5 Å². The Morgan fingerprint density at radius 1 is 1.32 bits per heavy atom. The van der Waals surface area contributed by atoms with Crippen LogP contribution < -0.4 is 10.2 Å². The van der Waals surface area contributed by atoms with E-state index in [0.717, 1.165) is 26.2 Å². The number of ether oxygens (including phenoxy) is 1. The van der Waals surface area contributed by atoms with Crippen molar-refractivity contribution in [2.45, 2.75) is 38.3 Å². The average Bonchev–Trinajstić information content (AvgIpc) is 2.70. The van der Waals surface area contributed by atoms with Gasteiger partial charge in [-0.05, 0) is 37.8 Å². The summed E-state index contributed by atoms with van der Waals surface area (Å²) in [6, 6.07) is 9.30. The Labute approximate surface area is 115 Å². The minimum atomic E-state index is 0.305. The van der Waals surface area contributed by atoms with Crippen molar-refractivity contribution >= 4 is 5.69 Å². The molecule has 0 bridgehead atoms. The molecular weight excluding hydrogens is 236 g/mol. The first-order valence-electron chi connectivity index (χ1n) is 7.53. The van der Waals surface area contributed by atoms with Gasteiger partial charge in [-0.3, -0.25) is 0 Å². The molecule has 0 spiro atoms. The van der Waals surface area contributed by atoms with E-state index in [0.29, 0.717) is 12.1 Å². The second-order valence-corrected chi connectivity index (χ2v) is 5.63. The number of rotatable bonds is 2. The Morgan fingerprint density at radius 3 is 3.05 bits per heavy atom. The van der Waals surface area contributed by atoms with Gasteiger partial charge in [-0.25, -0.2) is 0 Å². The van der Waals surface area contributed by atoms with E-state index in [2.05, 4.69) is 41.4 Å². The lowest BCUT2D eigenvalue weighted by atomic mass is 10.1. The van der Waals surface area contributed by atoms with E-state index in [4.69, 9.17) is 4.74 Å². The SMILES string of the molecule is CC(C1CNCCO1)N1CCCCc2ccccc21. The Hall–Kier alpha value is -1.06. The third-order valence-electron chi connectivity index (χ3n) is 4.38. The first-order valence-corrected chi connectivity index (χ1v) is 7.53. The third-order valence-corrected chi connectivity index (χ3v) is 4.38. The van der Waals surface area contributed by atoms with Crippen molar-refractivity contribution in [2.75, 3.05) is 31.1 Å². The molecule has 1 aromatic carbocycles. The zero-order valence-corrected chi connectivity index (χ0v) is 11.8. The largest absolute Gasteiger partial charge is 0.373 e. The Morgan fingerprint density at radius 2 is 2.21 bits per heavy atom. The highest BCUT2D eigenvalue weighted by atomic mass is 16.5. The van der Waals surface area contributed by atoms with E-state index in [9.17, 15) is 0 Å². The van der Waals surface area contributed by atoms with Crippen LogP contribution in [0.4, 0.5) is 5.69 Å². The average molecular weight is 260 g/mol. The molecule has 0 radical (unpaired) electrons. The standard InChI is InChI=1S/C16H24N2O/c1-13(16-12-17-9-11-19-16)18-10-5-4-7-14-6-2-3-8-15(14)18/h2-3,6,8,13,16-17H,4-5,7,9-12H2,1H3. The van der Waals surface area contributed by atoms with Crippen LogP contribution in [0, 0.1) is 0 Å². The van der Waals surface area contributed by atoms with Gasteiger partial charge in [0, 0.05) is 25.3 Å². The van der Waals surface area contributed by atoms with Gasteiger partial charge in [-0.2, -0.15) is 0 Å². The van der Waals surface area contributed by atoms with Gasteiger partial charge in [0.1, 0.15) is 0 Å². The number of para-hydroxylation sites is 1. The number of fused-ring (bicyclic) bond motifs is 1. The summed E-state index contributed by atoms with van der Waals surface area (Å²) in [6.45, 7) is 6.25. The van der Waals surface area contributed by atoms with Crippen LogP contribution in [0.15, 0.2) is 24.3 Å². The number of aryl methyl sites for hydroxylation is 1. The summed E-state index contributed by atoms with van der Waals surface area (Å²) in [6.07, 6.45) is 4.09. The first-order chi connectivity index (χ1) is 9.36. The third kappa shape index (κ3) is 2.77. The second-order valence-electron chi connectivity index (χ2n) is 5.63. The van der Waals surface area contributed by atoms with Crippen molar-refractivity contribution in [3.05, 3.63) is 29.8 Å². The number of hydrogen-bond donors (Lipinski definition) is 1. The summed E-state index contributed by atoms with van der Waals surface area (Å²) in [7, 11) is 0. The number of nitrogens with one attached hydrogen (secondary N) is 1. The predicted octanol–water partition coefficient (Wildman–Crippen LogP) is 2.21. The summed E-state index contributed by atoms with van der Waals surface area (Å²) in [4.78, 5) is 2.56. The lowest BCUT2D eigenvalue weighted by Crippen LogP contribution is -2.51.